The zero-order valence-electron chi connectivity index (χ0n) is 9.28. The number of ether oxygens (including phenoxy) is 1. The Morgan fingerprint density at radius 2 is 2.35 bits per heavy atom. The maximum absolute atomic E-state index is 11.2. The van der Waals surface area contributed by atoms with Gasteiger partial charge in [0.2, 0.25) is 5.95 Å². The molecule has 0 spiro atoms. The van der Waals surface area contributed by atoms with Crippen LogP contribution in [-0.2, 0) is 4.74 Å². The highest BCUT2D eigenvalue weighted by molar-refractivity contribution is 5.15. The second-order valence-electron chi connectivity index (χ2n) is 3.92. The molecule has 3 atom stereocenters. The molecule has 1 saturated heterocycles. The molecule has 1 fully saturated rings. The van der Waals surface area contributed by atoms with Gasteiger partial charge in [-0.15, -0.1) is 0 Å². The second-order valence-corrected chi connectivity index (χ2v) is 3.92. The molecular formula is C9H14N4O4. The van der Waals surface area contributed by atoms with E-state index in [2.05, 4.69) is 10.1 Å². The molecule has 17 heavy (non-hydrogen) atoms. The Bertz CT molecular complexity index is 475. The quantitative estimate of drug-likeness (QED) is 0.557. The van der Waals surface area contributed by atoms with Gasteiger partial charge < -0.3 is 20.7 Å². The first-order valence-corrected chi connectivity index (χ1v) is 5.20. The van der Waals surface area contributed by atoms with Crippen LogP contribution in [0.1, 0.15) is 18.3 Å². The number of anilines is 1. The first kappa shape index (κ1) is 12.0. The van der Waals surface area contributed by atoms with Crippen molar-refractivity contribution in [3.8, 4) is 0 Å². The Morgan fingerprint density at radius 3 is 2.94 bits per heavy atom. The number of hydrogen-bond acceptors (Lipinski definition) is 7. The minimum absolute atomic E-state index is 0.0728. The second kappa shape index (κ2) is 4.40. The zero-order valence-corrected chi connectivity index (χ0v) is 9.28. The van der Waals surface area contributed by atoms with Gasteiger partial charge in [-0.1, -0.05) is 0 Å². The van der Waals surface area contributed by atoms with Crippen LogP contribution in [0.15, 0.2) is 4.79 Å². The highest BCUT2D eigenvalue weighted by Gasteiger charge is 2.35. The van der Waals surface area contributed by atoms with Gasteiger partial charge in [0.1, 0.15) is 11.8 Å². The van der Waals surface area contributed by atoms with Gasteiger partial charge in [0.05, 0.1) is 12.7 Å². The molecule has 8 heteroatoms. The SMILES string of the molecule is Cc1nn([C@@H]2C[C@H](O)[C@@H](CO)O2)c(N)nc1=O. The maximum atomic E-state index is 11.2. The van der Waals surface area contributed by atoms with Crippen LogP contribution in [0.2, 0.25) is 0 Å². The minimum Gasteiger partial charge on any atom is -0.394 e. The highest BCUT2D eigenvalue weighted by Crippen LogP contribution is 2.28. The molecule has 0 bridgehead atoms. The Kier molecular flexibility index (Phi) is 3.09. The van der Waals surface area contributed by atoms with E-state index < -0.39 is 24.0 Å². The summed E-state index contributed by atoms with van der Waals surface area (Å²) in [6, 6.07) is 0. The summed E-state index contributed by atoms with van der Waals surface area (Å²) in [7, 11) is 0. The van der Waals surface area contributed by atoms with Crippen molar-refractivity contribution in [2.75, 3.05) is 12.3 Å². The van der Waals surface area contributed by atoms with E-state index in [1.54, 1.807) is 0 Å². The van der Waals surface area contributed by atoms with Crippen molar-refractivity contribution in [2.24, 2.45) is 0 Å². The fourth-order valence-corrected chi connectivity index (χ4v) is 1.73. The van der Waals surface area contributed by atoms with Crippen molar-refractivity contribution < 1.29 is 14.9 Å². The van der Waals surface area contributed by atoms with Gasteiger partial charge in [0.25, 0.3) is 5.56 Å². The molecule has 0 unspecified atom stereocenters. The Labute approximate surface area is 96.7 Å². The molecule has 0 saturated carbocycles. The molecule has 1 aromatic heterocycles. The van der Waals surface area contributed by atoms with Crippen LogP contribution in [0.3, 0.4) is 0 Å². The summed E-state index contributed by atoms with van der Waals surface area (Å²) in [5.41, 5.74) is 5.28. The third-order valence-electron chi connectivity index (χ3n) is 2.67. The molecule has 0 aliphatic carbocycles. The highest BCUT2D eigenvalue weighted by atomic mass is 16.5. The van der Waals surface area contributed by atoms with Crippen molar-refractivity contribution in [3.05, 3.63) is 16.0 Å². The predicted octanol–water partition coefficient (Wildman–Crippen LogP) is -1.83. The molecule has 1 aliphatic heterocycles. The van der Waals surface area contributed by atoms with Gasteiger partial charge in [0.15, 0.2) is 6.23 Å². The fourth-order valence-electron chi connectivity index (χ4n) is 1.73. The van der Waals surface area contributed by atoms with Crippen molar-refractivity contribution in [1.29, 1.82) is 0 Å². The van der Waals surface area contributed by atoms with Crippen LogP contribution >= 0.6 is 0 Å². The van der Waals surface area contributed by atoms with E-state index in [9.17, 15) is 9.90 Å². The number of hydrogen-bond donors (Lipinski definition) is 3. The largest absolute Gasteiger partial charge is 0.394 e. The summed E-state index contributed by atoms with van der Waals surface area (Å²) in [6.45, 7) is 1.23. The third kappa shape index (κ3) is 2.14. The molecule has 0 radical (unpaired) electrons. The smallest absolute Gasteiger partial charge is 0.296 e. The Hall–Kier alpha value is -1.51. The predicted molar refractivity (Wildman–Crippen MR) is 57.1 cm³/mol. The number of aromatic nitrogens is 3. The molecule has 2 rings (SSSR count). The van der Waals surface area contributed by atoms with Crippen LogP contribution < -0.4 is 11.3 Å². The molecule has 4 N–H and O–H groups in total. The molecule has 2 heterocycles. The lowest BCUT2D eigenvalue weighted by molar-refractivity contribution is -0.0485. The number of nitrogens with zero attached hydrogens (tertiary/aromatic N) is 3. The lowest BCUT2D eigenvalue weighted by Gasteiger charge is -2.15. The molecule has 1 aliphatic rings. The number of aliphatic hydroxyl groups excluding tert-OH is 2. The van der Waals surface area contributed by atoms with Crippen LogP contribution in [0, 0.1) is 6.92 Å². The molecule has 1 aromatic rings. The van der Waals surface area contributed by atoms with Crippen LogP contribution in [0.25, 0.3) is 0 Å². The average molecular weight is 242 g/mol. The third-order valence-corrected chi connectivity index (χ3v) is 2.67. The zero-order chi connectivity index (χ0) is 12.6. The monoisotopic (exact) mass is 242 g/mol. The number of aryl methyl sites for hydroxylation is 1. The van der Waals surface area contributed by atoms with Crippen molar-refractivity contribution in [3.63, 3.8) is 0 Å². The van der Waals surface area contributed by atoms with Crippen molar-refractivity contribution in [2.45, 2.75) is 31.8 Å². The van der Waals surface area contributed by atoms with Gasteiger partial charge >= 0.3 is 0 Å². The van der Waals surface area contributed by atoms with Gasteiger partial charge in [-0.25, -0.2) is 4.68 Å². The van der Waals surface area contributed by atoms with Gasteiger partial charge in [0, 0.05) is 6.42 Å². The molecular weight excluding hydrogens is 228 g/mol. The summed E-state index contributed by atoms with van der Waals surface area (Å²) in [4.78, 5) is 14.8. The van der Waals surface area contributed by atoms with E-state index >= 15 is 0 Å². The number of nitrogens with two attached hydrogens (primary N) is 1. The summed E-state index contributed by atoms with van der Waals surface area (Å²) in [5, 5.41) is 22.5. The molecule has 0 aromatic carbocycles. The summed E-state index contributed by atoms with van der Waals surface area (Å²) in [5.74, 6) is -0.0728. The number of nitrogen functional groups attached to an aromatic ring is 1. The summed E-state index contributed by atoms with van der Waals surface area (Å²) in [6.07, 6.45) is -1.83. The van der Waals surface area contributed by atoms with Crippen LogP contribution in [0.5, 0.6) is 0 Å². The maximum Gasteiger partial charge on any atom is 0.296 e. The van der Waals surface area contributed by atoms with Crippen molar-refractivity contribution in [1.82, 2.24) is 14.8 Å². The molecule has 94 valence electrons. The topological polar surface area (TPSA) is 123 Å². The Morgan fingerprint density at radius 1 is 1.65 bits per heavy atom. The molecule has 0 amide bonds. The number of rotatable bonds is 2. The first-order chi connectivity index (χ1) is 8.02. The summed E-state index contributed by atoms with van der Waals surface area (Å²) >= 11 is 0. The molecule has 8 nitrogen and oxygen atoms in total. The van der Waals surface area contributed by atoms with Gasteiger partial charge in [-0.2, -0.15) is 10.1 Å². The fraction of sp³-hybridized carbons (Fsp3) is 0.667. The lowest BCUT2D eigenvalue weighted by atomic mass is 10.2. The van der Waals surface area contributed by atoms with E-state index in [-0.39, 0.29) is 24.7 Å². The van der Waals surface area contributed by atoms with E-state index in [0.29, 0.717) is 0 Å². The van der Waals surface area contributed by atoms with E-state index in [0.717, 1.165) is 0 Å². The minimum atomic E-state index is -0.786. The first-order valence-electron chi connectivity index (χ1n) is 5.20. The van der Waals surface area contributed by atoms with Gasteiger partial charge in [-0.05, 0) is 6.92 Å². The van der Waals surface area contributed by atoms with Crippen LogP contribution in [0.4, 0.5) is 5.95 Å². The van der Waals surface area contributed by atoms with Gasteiger partial charge in [-0.3, -0.25) is 4.79 Å². The standard InChI is InChI=1S/C9H14N4O4/c1-4-8(16)11-9(10)13(12-4)7-2-5(15)6(3-14)17-7/h5-7,14-15H,2-3H2,1H3,(H2,10,11,16)/t5-,6+,7-/m0/s1. The van der Waals surface area contributed by atoms with E-state index in [1.807, 2.05) is 0 Å². The van der Waals surface area contributed by atoms with Crippen molar-refractivity contribution >= 4 is 5.95 Å². The number of aliphatic hydroxyl groups is 2. The normalized spacial score (nSPS) is 28.5. The lowest BCUT2D eigenvalue weighted by Crippen LogP contribution is -2.26. The average Bonchev–Trinajstić information content (AvgIpc) is 2.65. The summed E-state index contributed by atoms with van der Waals surface area (Å²) < 4.78 is 6.61. The van der Waals surface area contributed by atoms with E-state index in [1.165, 1.54) is 11.6 Å². The van der Waals surface area contributed by atoms with E-state index in [4.69, 9.17) is 15.6 Å². The van der Waals surface area contributed by atoms with Crippen LogP contribution in [-0.4, -0.2) is 43.8 Å². The Balaban J connectivity index is 2.30.